The Hall–Kier alpha value is -1.16. The van der Waals surface area contributed by atoms with E-state index in [-0.39, 0.29) is 34.7 Å². The lowest BCUT2D eigenvalue weighted by Gasteiger charge is -2.42. The van der Waals surface area contributed by atoms with Crippen molar-refractivity contribution in [2.24, 2.45) is 0 Å². The molecule has 0 saturated heterocycles. The molecule has 1 aromatic rings. The fourth-order valence-corrected chi connectivity index (χ4v) is 3.83. The van der Waals surface area contributed by atoms with Crippen molar-refractivity contribution in [3.63, 3.8) is 0 Å². The zero-order valence-electron chi connectivity index (χ0n) is 11.6. The van der Waals surface area contributed by atoms with Crippen molar-refractivity contribution in [2.75, 3.05) is 19.5 Å². The van der Waals surface area contributed by atoms with Gasteiger partial charge in [0.15, 0.2) is 16.5 Å². The summed E-state index contributed by atoms with van der Waals surface area (Å²) in [5, 5.41) is 3.44. The molecular weight excluding hydrogens is 286 g/mol. The first-order chi connectivity index (χ1) is 9.40. The molecule has 3 atom stereocenters. The summed E-state index contributed by atoms with van der Waals surface area (Å²) >= 11 is 0. The predicted molar refractivity (Wildman–Crippen MR) is 70.6 cm³/mol. The van der Waals surface area contributed by atoms with Gasteiger partial charge in [0.25, 0.3) is 0 Å². The van der Waals surface area contributed by atoms with Crippen molar-refractivity contribution >= 4 is 15.8 Å². The summed E-state index contributed by atoms with van der Waals surface area (Å²) < 4.78 is 42.6. The van der Waals surface area contributed by atoms with Crippen LogP contribution in [-0.2, 0) is 19.5 Å². The van der Waals surface area contributed by atoms with E-state index in [4.69, 9.17) is 19.7 Å². The Labute approximate surface area is 117 Å². The molecule has 20 heavy (non-hydrogen) atoms. The molecule has 3 N–H and O–H groups in total. The highest BCUT2D eigenvalue weighted by Gasteiger charge is 2.45. The van der Waals surface area contributed by atoms with Crippen LogP contribution in [0.15, 0.2) is 9.42 Å². The van der Waals surface area contributed by atoms with E-state index in [9.17, 15) is 8.42 Å². The van der Waals surface area contributed by atoms with Crippen LogP contribution in [0.3, 0.4) is 0 Å². The number of rotatable bonds is 6. The smallest absolute Gasteiger partial charge is 0.248 e. The van der Waals surface area contributed by atoms with Crippen molar-refractivity contribution < 1.29 is 22.4 Å². The minimum absolute atomic E-state index is 0.0985. The molecule has 8 nitrogen and oxygen atoms in total. The van der Waals surface area contributed by atoms with E-state index >= 15 is 0 Å². The summed E-state index contributed by atoms with van der Waals surface area (Å²) in [6.45, 7) is 3.93. The number of anilines is 1. The molecule has 9 heteroatoms. The average molecular weight is 305 g/mol. The Morgan fingerprint density at radius 3 is 2.75 bits per heavy atom. The number of hydrogen-bond donors (Lipinski definition) is 2. The number of sulfonamides is 1. The average Bonchev–Trinajstić information content (AvgIpc) is 2.68. The van der Waals surface area contributed by atoms with Gasteiger partial charge in [0.2, 0.25) is 10.0 Å². The Morgan fingerprint density at radius 2 is 2.25 bits per heavy atom. The highest BCUT2D eigenvalue weighted by Crippen LogP contribution is 2.30. The van der Waals surface area contributed by atoms with Gasteiger partial charge in [0.05, 0.1) is 18.2 Å². The van der Waals surface area contributed by atoms with Gasteiger partial charge in [0, 0.05) is 13.7 Å². The fourth-order valence-electron chi connectivity index (χ4n) is 2.36. The van der Waals surface area contributed by atoms with E-state index in [1.54, 1.807) is 0 Å². The number of aryl methyl sites for hydroxylation is 1. The molecule has 0 aromatic carbocycles. The van der Waals surface area contributed by atoms with Crippen LogP contribution in [0.2, 0.25) is 0 Å². The highest BCUT2D eigenvalue weighted by atomic mass is 32.2. The van der Waals surface area contributed by atoms with Crippen LogP contribution >= 0.6 is 0 Å². The molecular formula is C11H19N3O5S. The molecule has 2 rings (SSSR count). The largest absolute Gasteiger partial charge is 0.380 e. The normalized spacial score (nSPS) is 26.4. The second-order valence-corrected chi connectivity index (χ2v) is 6.26. The van der Waals surface area contributed by atoms with Crippen LogP contribution in [0.25, 0.3) is 0 Å². The zero-order chi connectivity index (χ0) is 14.9. The summed E-state index contributed by atoms with van der Waals surface area (Å²) in [6, 6.07) is -0.352. The van der Waals surface area contributed by atoms with E-state index in [0.717, 1.165) is 0 Å². The Morgan fingerprint density at radius 1 is 1.55 bits per heavy atom. The first-order valence-corrected chi connectivity index (χ1v) is 7.77. The molecule has 0 amide bonds. The van der Waals surface area contributed by atoms with Crippen LogP contribution < -0.4 is 10.5 Å². The Bertz CT molecular complexity index is 551. The maximum atomic E-state index is 12.3. The summed E-state index contributed by atoms with van der Waals surface area (Å²) in [4.78, 5) is -0.118. The van der Waals surface area contributed by atoms with Crippen LogP contribution in [0.5, 0.6) is 0 Å². The first kappa shape index (κ1) is 15.2. The van der Waals surface area contributed by atoms with Crippen molar-refractivity contribution in [3.05, 3.63) is 5.76 Å². The van der Waals surface area contributed by atoms with Crippen LogP contribution in [-0.4, -0.2) is 45.5 Å². The van der Waals surface area contributed by atoms with E-state index in [2.05, 4.69) is 9.88 Å². The second kappa shape index (κ2) is 5.68. The number of ether oxygens (including phenoxy) is 2. The first-order valence-electron chi connectivity index (χ1n) is 6.29. The lowest BCUT2D eigenvalue weighted by molar-refractivity contribution is -0.126. The third-order valence-corrected chi connectivity index (χ3v) is 4.96. The monoisotopic (exact) mass is 305 g/mol. The topological polar surface area (TPSA) is 117 Å². The fraction of sp³-hybridized carbons (Fsp3) is 0.727. The SMILES string of the molecule is CCOC1CC(NS(=O)(=O)c2c(N)noc2C)C1OC. The number of hydrogen-bond acceptors (Lipinski definition) is 7. The lowest BCUT2D eigenvalue weighted by atomic mass is 9.86. The van der Waals surface area contributed by atoms with Gasteiger partial charge in [-0.1, -0.05) is 5.16 Å². The molecule has 1 aliphatic rings. The van der Waals surface area contributed by atoms with Crippen molar-refractivity contribution in [3.8, 4) is 0 Å². The van der Waals surface area contributed by atoms with E-state index < -0.39 is 10.0 Å². The third-order valence-electron chi connectivity index (χ3n) is 3.31. The quantitative estimate of drug-likeness (QED) is 0.761. The highest BCUT2D eigenvalue weighted by molar-refractivity contribution is 7.89. The number of methoxy groups -OCH3 is 1. The molecule has 3 unspecified atom stereocenters. The summed E-state index contributed by atoms with van der Waals surface area (Å²) in [7, 11) is -2.26. The van der Waals surface area contributed by atoms with E-state index in [1.807, 2.05) is 6.92 Å². The molecule has 0 aliphatic heterocycles. The molecule has 1 saturated carbocycles. The van der Waals surface area contributed by atoms with E-state index in [0.29, 0.717) is 13.0 Å². The van der Waals surface area contributed by atoms with Gasteiger partial charge in [-0.15, -0.1) is 0 Å². The summed E-state index contributed by atoms with van der Waals surface area (Å²) in [5.74, 6) is 0.00861. The number of nitrogens with two attached hydrogens (primary N) is 1. The maximum absolute atomic E-state index is 12.3. The molecule has 1 fully saturated rings. The number of nitrogen functional groups attached to an aromatic ring is 1. The van der Waals surface area contributed by atoms with Crippen molar-refractivity contribution in [1.29, 1.82) is 0 Å². The number of nitrogens with zero attached hydrogens (tertiary/aromatic N) is 1. The standard InChI is InChI=1S/C11H19N3O5S/c1-4-18-8-5-7(9(8)17-3)14-20(15,16)10-6(2)19-13-11(10)12/h7-9,14H,4-5H2,1-3H3,(H2,12,13). The minimum Gasteiger partial charge on any atom is -0.380 e. The summed E-state index contributed by atoms with van der Waals surface area (Å²) in [5.41, 5.74) is 5.52. The van der Waals surface area contributed by atoms with Crippen LogP contribution in [0, 0.1) is 6.92 Å². The van der Waals surface area contributed by atoms with Crippen LogP contribution in [0.1, 0.15) is 19.1 Å². The molecule has 0 spiro atoms. The maximum Gasteiger partial charge on any atom is 0.248 e. The Balaban J connectivity index is 2.11. The zero-order valence-corrected chi connectivity index (χ0v) is 12.4. The molecule has 0 radical (unpaired) electrons. The van der Waals surface area contributed by atoms with Gasteiger partial charge < -0.3 is 19.7 Å². The molecule has 114 valence electrons. The number of nitrogens with one attached hydrogen (secondary N) is 1. The minimum atomic E-state index is -3.79. The van der Waals surface area contributed by atoms with Gasteiger partial charge in [-0.05, 0) is 20.3 Å². The lowest BCUT2D eigenvalue weighted by Crippen LogP contribution is -2.60. The second-order valence-electron chi connectivity index (χ2n) is 4.61. The summed E-state index contributed by atoms with van der Waals surface area (Å²) in [6.07, 6.45) is 0.139. The van der Waals surface area contributed by atoms with E-state index in [1.165, 1.54) is 14.0 Å². The molecule has 1 aliphatic carbocycles. The van der Waals surface area contributed by atoms with Gasteiger partial charge in [-0.3, -0.25) is 0 Å². The van der Waals surface area contributed by atoms with Gasteiger partial charge in [-0.2, -0.15) is 0 Å². The van der Waals surface area contributed by atoms with Crippen molar-refractivity contribution in [1.82, 2.24) is 9.88 Å². The van der Waals surface area contributed by atoms with Gasteiger partial charge in [-0.25, -0.2) is 13.1 Å². The van der Waals surface area contributed by atoms with Crippen LogP contribution in [0.4, 0.5) is 5.82 Å². The van der Waals surface area contributed by atoms with Crippen molar-refractivity contribution in [2.45, 2.75) is 43.4 Å². The van der Waals surface area contributed by atoms with Gasteiger partial charge in [0.1, 0.15) is 0 Å². The molecule has 0 bridgehead atoms. The predicted octanol–water partition coefficient (Wildman–Crippen LogP) is 0.0359. The third kappa shape index (κ3) is 2.66. The number of aromatic nitrogens is 1. The van der Waals surface area contributed by atoms with Gasteiger partial charge >= 0.3 is 0 Å². The Kier molecular flexibility index (Phi) is 4.33. The molecule has 1 aromatic heterocycles. The molecule has 1 heterocycles.